The van der Waals surface area contributed by atoms with Gasteiger partial charge in [-0.05, 0) is 30.2 Å². The number of hydrogen-bond donors (Lipinski definition) is 0. The molecule has 0 amide bonds. The molecule has 0 bridgehead atoms. The fourth-order valence-electron chi connectivity index (χ4n) is 1.80. The Bertz CT molecular complexity index is 550. The third-order valence-corrected chi connectivity index (χ3v) is 2.97. The number of para-hydroxylation sites is 1. The molecule has 0 saturated heterocycles. The summed E-state index contributed by atoms with van der Waals surface area (Å²) >= 11 is 5.93. The molecule has 20 heavy (non-hydrogen) atoms. The van der Waals surface area contributed by atoms with Crippen molar-refractivity contribution in [2.24, 2.45) is 0 Å². The van der Waals surface area contributed by atoms with Crippen LogP contribution in [0.2, 0.25) is 5.28 Å². The lowest BCUT2D eigenvalue weighted by Gasteiger charge is -2.22. The Morgan fingerprint density at radius 1 is 1.15 bits per heavy atom. The zero-order valence-electron chi connectivity index (χ0n) is 11.6. The molecule has 0 radical (unpaired) electrons. The number of halogens is 1. The number of benzene rings is 1. The van der Waals surface area contributed by atoms with Crippen molar-refractivity contribution >= 4 is 23.2 Å². The first kappa shape index (κ1) is 14.5. The minimum atomic E-state index is 0.129. The Labute approximate surface area is 123 Å². The second kappa shape index (κ2) is 7.05. The van der Waals surface area contributed by atoms with Crippen LogP contribution in [-0.2, 0) is 0 Å². The fourth-order valence-corrected chi connectivity index (χ4v) is 1.95. The molecule has 0 atom stereocenters. The molecule has 0 unspecified atom stereocenters. The number of anilines is 2. The molecule has 0 aliphatic rings. The minimum absolute atomic E-state index is 0.129. The Kier molecular flexibility index (Phi) is 5.12. The van der Waals surface area contributed by atoms with Crippen LogP contribution in [0, 0.1) is 0 Å². The Morgan fingerprint density at radius 2 is 1.90 bits per heavy atom. The van der Waals surface area contributed by atoms with Crippen LogP contribution in [-0.4, -0.2) is 28.6 Å². The second-order valence-corrected chi connectivity index (χ2v) is 4.57. The van der Waals surface area contributed by atoms with Gasteiger partial charge in [-0.25, -0.2) is 0 Å². The average molecular weight is 293 g/mol. The van der Waals surface area contributed by atoms with E-state index in [1.165, 1.54) is 7.11 Å². The van der Waals surface area contributed by atoms with Crippen LogP contribution in [0.15, 0.2) is 30.3 Å². The molecular weight excluding hydrogens is 276 g/mol. The van der Waals surface area contributed by atoms with E-state index < -0.39 is 0 Å². The zero-order valence-corrected chi connectivity index (χ0v) is 12.3. The number of aromatic nitrogens is 3. The molecule has 0 spiro atoms. The van der Waals surface area contributed by atoms with Crippen LogP contribution in [0.5, 0.6) is 6.01 Å². The van der Waals surface area contributed by atoms with Gasteiger partial charge < -0.3 is 9.64 Å². The van der Waals surface area contributed by atoms with Crippen molar-refractivity contribution < 1.29 is 4.74 Å². The zero-order chi connectivity index (χ0) is 14.4. The van der Waals surface area contributed by atoms with E-state index >= 15 is 0 Å². The van der Waals surface area contributed by atoms with E-state index in [1.54, 1.807) is 0 Å². The van der Waals surface area contributed by atoms with Crippen LogP contribution < -0.4 is 9.64 Å². The molecule has 5 nitrogen and oxygen atoms in total. The first-order chi connectivity index (χ1) is 9.74. The normalized spacial score (nSPS) is 10.3. The highest BCUT2D eigenvalue weighted by Gasteiger charge is 2.14. The van der Waals surface area contributed by atoms with Gasteiger partial charge in [-0.1, -0.05) is 31.5 Å². The molecule has 0 saturated carbocycles. The van der Waals surface area contributed by atoms with E-state index in [4.69, 9.17) is 16.3 Å². The second-order valence-electron chi connectivity index (χ2n) is 4.23. The molecule has 0 N–H and O–H groups in total. The number of nitrogens with zero attached hydrogens (tertiary/aromatic N) is 4. The molecule has 0 aliphatic carbocycles. The summed E-state index contributed by atoms with van der Waals surface area (Å²) in [6.45, 7) is 2.95. The monoisotopic (exact) mass is 292 g/mol. The van der Waals surface area contributed by atoms with Crippen molar-refractivity contribution in [1.82, 2.24) is 15.0 Å². The third-order valence-electron chi connectivity index (χ3n) is 2.80. The molecule has 2 aromatic rings. The summed E-state index contributed by atoms with van der Waals surface area (Å²) in [5.74, 6) is 0.501. The van der Waals surface area contributed by atoms with E-state index in [1.807, 2.05) is 35.2 Å². The van der Waals surface area contributed by atoms with Crippen molar-refractivity contribution in [1.29, 1.82) is 0 Å². The molecule has 1 aromatic carbocycles. The van der Waals surface area contributed by atoms with Crippen molar-refractivity contribution in [2.45, 2.75) is 19.8 Å². The lowest BCUT2D eigenvalue weighted by Crippen LogP contribution is -2.21. The molecule has 0 fully saturated rings. The van der Waals surface area contributed by atoms with Crippen molar-refractivity contribution in [3.63, 3.8) is 0 Å². The maximum absolute atomic E-state index is 5.93. The van der Waals surface area contributed by atoms with Gasteiger partial charge in [0.2, 0.25) is 11.2 Å². The standard InChI is InChI=1S/C14H17ClN4O/c1-3-4-10-19(11-8-6-5-7-9-11)13-16-12(15)17-14(18-13)20-2/h5-9H,3-4,10H2,1-2H3. The summed E-state index contributed by atoms with van der Waals surface area (Å²) in [5.41, 5.74) is 1.02. The smallest absolute Gasteiger partial charge is 0.322 e. The fraction of sp³-hybridized carbons (Fsp3) is 0.357. The van der Waals surface area contributed by atoms with E-state index in [9.17, 15) is 0 Å². The first-order valence-corrected chi connectivity index (χ1v) is 6.90. The molecule has 106 valence electrons. The highest BCUT2D eigenvalue weighted by atomic mass is 35.5. The summed E-state index contributed by atoms with van der Waals surface area (Å²) in [6.07, 6.45) is 2.11. The van der Waals surface area contributed by atoms with Crippen LogP contribution in [0.4, 0.5) is 11.6 Å². The van der Waals surface area contributed by atoms with Crippen molar-refractivity contribution in [3.05, 3.63) is 35.6 Å². The topological polar surface area (TPSA) is 51.1 Å². The van der Waals surface area contributed by atoms with Gasteiger partial charge in [0.05, 0.1) is 7.11 Å². The summed E-state index contributed by atoms with van der Waals surface area (Å²) in [7, 11) is 1.51. The van der Waals surface area contributed by atoms with Gasteiger partial charge in [-0.15, -0.1) is 0 Å². The summed E-state index contributed by atoms with van der Waals surface area (Å²) in [4.78, 5) is 14.4. The molecule has 2 rings (SSSR count). The van der Waals surface area contributed by atoms with Gasteiger partial charge in [-0.3, -0.25) is 0 Å². The third kappa shape index (κ3) is 3.57. The van der Waals surface area contributed by atoms with E-state index in [0.29, 0.717) is 5.95 Å². The number of methoxy groups -OCH3 is 1. The minimum Gasteiger partial charge on any atom is -0.467 e. The van der Waals surface area contributed by atoms with Crippen molar-refractivity contribution in [2.75, 3.05) is 18.6 Å². The van der Waals surface area contributed by atoms with Gasteiger partial charge in [0.25, 0.3) is 0 Å². The maximum atomic E-state index is 5.93. The Balaban J connectivity index is 2.38. The Morgan fingerprint density at radius 3 is 2.55 bits per heavy atom. The Hall–Kier alpha value is -1.88. The van der Waals surface area contributed by atoms with Crippen LogP contribution >= 0.6 is 11.6 Å². The van der Waals surface area contributed by atoms with Gasteiger partial charge in [0.15, 0.2) is 0 Å². The van der Waals surface area contributed by atoms with Gasteiger partial charge >= 0.3 is 6.01 Å². The summed E-state index contributed by atoms with van der Waals surface area (Å²) in [6, 6.07) is 10.2. The van der Waals surface area contributed by atoms with E-state index in [-0.39, 0.29) is 11.3 Å². The predicted molar refractivity (Wildman–Crippen MR) is 79.7 cm³/mol. The van der Waals surface area contributed by atoms with Crippen LogP contribution in [0.25, 0.3) is 0 Å². The lowest BCUT2D eigenvalue weighted by molar-refractivity contribution is 0.378. The SMILES string of the molecule is CCCCN(c1ccccc1)c1nc(Cl)nc(OC)n1. The molecule has 1 heterocycles. The first-order valence-electron chi connectivity index (χ1n) is 6.52. The maximum Gasteiger partial charge on any atom is 0.322 e. The van der Waals surface area contributed by atoms with E-state index in [0.717, 1.165) is 25.1 Å². The average Bonchev–Trinajstić information content (AvgIpc) is 2.48. The molecule has 0 aliphatic heterocycles. The van der Waals surface area contributed by atoms with Gasteiger partial charge in [0, 0.05) is 12.2 Å². The molecule has 6 heteroatoms. The van der Waals surface area contributed by atoms with Gasteiger partial charge in [0.1, 0.15) is 0 Å². The highest BCUT2D eigenvalue weighted by Crippen LogP contribution is 2.24. The van der Waals surface area contributed by atoms with Crippen molar-refractivity contribution in [3.8, 4) is 6.01 Å². The lowest BCUT2D eigenvalue weighted by atomic mass is 10.2. The molecular formula is C14H17ClN4O. The number of rotatable bonds is 6. The number of ether oxygens (including phenoxy) is 1. The number of unbranched alkanes of at least 4 members (excludes halogenated alkanes) is 1. The van der Waals surface area contributed by atoms with E-state index in [2.05, 4.69) is 21.9 Å². The number of hydrogen-bond acceptors (Lipinski definition) is 5. The highest BCUT2D eigenvalue weighted by molar-refractivity contribution is 6.28. The van der Waals surface area contributed by atoms with Crippen LogP contribution in [0.1, 0.15) is 19.8 Å². The summed E-state index contributed by atoms with van der Waals surface area (Å²) in [5, 5.41) is 0.129. The molecule has 1 aromatic heterocycles. The van der Waals surface area contributed by atoms with Gasteiger partial charge in [-0.2, -0.15) is 15.0 Å². The predicted octanol–water partition coefficient (Wildman–Crippen LogP) is 3.47. The summed E-state index contributed by atoms with van der Waals surface area (Å²) < 4.78 is 5.05. The quantitative estimate of drug-likeness (QED) is 0.816. The largest absolute Gasteiger partial charge is 0.467 e. The van der Waals surface area contributed by atoms with Crippen LogP contribution in [0.3, 0.4) is 0 Å².